The molecule has 8 heteroatoms. The van der Waals surface area contributed by atoms with Crippen molar-refractivity contribution in [1.29, 1.82) is 0 Å². The minimum absolute atomic E-state index is 0.0368. The summed E-state index contributed by atoms with van der Waals surface area (Å²) in [6, 6.07) is 20.2. The summed E-state index contributed by atoms with van der Waals surface area (Å²) < 4.78 is 34.7. The third kappa shape index (κ3) is 4.16. The van der Waals surface area contributed by atoms with Crippen molar-refractivity contribution in [2.24, 2.45) is 0 Å². The van der Waals surface area contributed by atoms with Gasteiger partial charge in [-0.15, -0.1) is 0 Å². The van der Waals surface area contributed by atoms with Gasteiger partial charge in [0.2, 0.25) is 0 Å². The zero-order valence-electron chi connectivity index (χ0n) is 19.2. The van der Waals surface area contributed by atoms with Crippen LogP contribution in [0.4, 0.5) is 8.78 Å². The van der Waals surface area contributed by atoms with Gasteiger partial charge in [-0.1, -0.05) is 12.1 Å². The van der Waals surface area contributed by atoms with Crippen LogP contribution in [0.1, 0.15) is 17.4 Å². The van der Waals surface area contributed by atoms with E-state index in [0.717, 1.165) is 16.5 Å². The van der Waals surface area contributed by atoms with Crippen LogP contribution in [0.2, 0.25) is 0 Å². The van der Waals surface area contributed by atoms with Crippen LogP contribution in [0.5, 0.6) is 0 Å². The Balaban J connectivity index is 1.34. The lowest BCUT2D eigenvalue weighted by Gasteiger charge is -2.23. The lowest BCUT2D eigenvalue weighted by Crippen LogP contribution is -2.30. The lowest BCUT2D eigenvalue weighted by atomic mass is 10.1. The Morgan fingerprint density at radius 2 is 1.72 bits per heavy atom. The van der Waals surface area contributed by atoms with Crippen molar-refractivity contribution in [3.63, 3.8) is 0 Å². The molecular weight excluding hydrogens is 462 g/mol. The monoisotopic (exact) mass is 484 g/mol. The van der Waals surface area contributed by atoms with E-state index in [9.17, 15) is 13.6 Å². The molecule has 1 aliphatic rings. The molecule has 1 fully saturated rings. The van der Waals surface area contributed by atoms with E-state index in [4.69, 9.17) is 9.84 Å². The number of aromatic nitrogens is 3. The van der Waals surface area contributed by atoms with E-state index in [1.807, 2.05) is 12.3 Å². The fourth-order valence-electron chi connectivity index (χ4n) is 4.58. The fraction of sp³-hybridized carbons (Fsp3) is 0.143. The SMILES string of the molecule is O=C1COC(c2cn(-c3ccc(F)cc3)nc2-c2ccc(F)cc2)N1CCc1ccc2cc[nH]c2c1. The van der Waals surface area contributed by atoms with Crippen LogP contribution in [-0.4, -0.2) is 38.7 Å². The molecule has 6 nitrogen and oxygen atoms in total. The number of nitrogens with one attached hydrogen (secondary N) is 1. The molecule has 0 spiro atoms. The van der Waals surface area contributed by atoms with E-state index in [2.05, 4.69) is 23.2 Å². The summed E-state index contributed by atoms with van der Waals surface area (Å²) in [7, 11) is 0. The maximum Gasteiger partial charge on any atom is 0.250 e. The van der Waals surface area contributed by atoms with Gasteiger partial charge in [0.1, 0.15) is 23.9 Å². The van der Waals surface area contributed by atoms with Gasteiger partial charge < -0.3 is 14.6 Å². The Kier molecular flexibility index (Phi) is 5.58. The average molecular weight is 485 g/mol. The van der Waals surface area contributed by atoms with Crippen LogP contribution in [0.15, 0.2) is 85.2 Å². The number of halogens is 2. The van der Waals surface area contributed by atoms with Gasteiger partial charge in [0.05, 0.1) is 5.69 Å². The summed E-state index contributed by atoms with van der Waals surface area (Å²) in [6.45, 7) is 0.422. The maximum atomic E-state index is 13.6. The van der Waals surface area contributed by atoms with Crippen LogP contribution < -0.4 is 0 Å². The lowest BCUT2D eigenvalue weighted by molar-refractivity contribution is -0.128. The molecule has 1 N–H and O–H groups in total. The molecule has 0 bridgehead atoms. The Morgan fingerprint density at radius 3 is 2.50 bits per heavy atom. The van der Waals surface area contributed by atoms with Crippen LogP contribution >= 0.6 is 0 Å². The second-order valence-corrected chi connectivity index (χ2v) is 8.76. The van der Waals surface area contributed by atoms with Crippen molar-refractivity contribution in [1.82, 2.24) is 19.7 Å². The highest BCUT2D eigenvalue weighted by Crippen LogP contribution is 2.35. The van der Waals surface area contributed by atoms with E-state index in [1.165, 1.54) is 24.3 Å². The van der Waals surface area contributed by atoms with Crippen molar-refractivity contribution >= 4 is 16.8 Å². The zero-order chi connectivity index (χ0) is 24.6. The second kappa shape index (κ2) is 9.05. The standard InChI is InChI=1S/C28H22F2N4O2/c29-21-5-3-20(4-6-21)27-24(16-34(32-27)23-9-7-22(30)8-10-23)28-33(26(35)17-36-28)14-12-18-1-2-19-11-13-31-25(19)15-18/h1-11,13,15-16,28,31H,12,14,17H2. The molecule has 180 valence electrons. The fourth-order valence-corrected chi connectivity index (χ4v) is 4.58. The summed E-state index contributed by atoms with van der Waals surface area (Å²) in [4.78, 5) is 17.8. The molecule has 1 atom stereocenters. The highest BCUT2D eigenvalue weighted by Gasteiger charge is 2.36. The molecule has 36 heavy (non-hydrogen) atoms. The molecule has 3 aromatic carbocycles. The number of benzene rings is 3. The number of hydrogen-bond acceptors (Lipinski definition) is 3. The van der Waals surface area contributed by atoms with Crippen LogP contribution in [0.3, 0.4) is 0 Å². The first-order valence-corrected chi connectivity index (χ1v) is 11.6. The summed E-state index contributed by atoms with van der Waals surface area (Å²) in [5.74, 6) is -0.815. The highest BCUT2D eigenvalue weighted by atomic mass is 19.1. The topological polar surface area (TPSA) is 63.2 Å². The van der Waals surface area contributed by atoms with Gasteiger partial charge >= 0.3 is 0 Å². The van der Waals surface area contributed by atoms with Crippen LogP contribution in [0, 0.1) is 11.6 Å². The molecule has 0 aliphatic carbocycles. The Hall–Kier alpha value is -4.30. The number of amides is 1. The third-order valence-corrected chi connectivity index (χ3v) is 6.45. The van der Waals surface area contributed by atoms with Crippen LogP contribution in [-0.2, 0) is 16.0 Å². The first kappa shape index (κ1) is 22.2. The second-order valence-electron chi connectivity index (χ2n) is 8.76. The molecule has 1 amide bonds. The highest BCUT2D eigenvalue weighted by molar-refractivity contribution is 5.81. The predicted molar refractivity (Wildman–Crippen MR) is 131 cm³/mol. The molecule has 1 saturated heterocycles. The Morgan fingerprint density at radius 1 is 0.972 bits per heavy atom. The molecule has 0 radical (unpaired) electrons. The smallest absolute Gasteiger partial charge is 0.250 e. The molecule has 1 unspecified atom stereocenters. The molecule has 5 aromatic rings. The molecular formula is C28H22F2N4O2. The van der Waals surface area contributed by atoms with Crippen molar-refractivity contribution in [2.45, 2.75) is 12.6 Å². The number of carbonyl (C=O) groups is 1. The molecule has 0 saturated carbocycles. The number of ether oxygens (including phenoxy) is 1. The van der Waals surface area contributed by atoms with E-state index < -0.39 is 6.23 Å². The van der Waals surface area contributed by atoms with Gasteiger partial charge in [0, 0.05) is 35.6 Å². The number of fused-ring (bicyclic) bond motifs is 1. The van der Waals surface area contributed by atoms with Crippen molar-refractivity contribution in [2.75, 3.05) is 13.2 Å². The number of rotatable bonds is 6. The summed E-state index contributed by atoms with van der Waals surface area (Å²) >= 11 is 0. The van der Waals surface area contributed by atoms with Crippen molar-refractivity contribution in [3.8, 4) is 16.9 Å². The van der Waals surface area contributed by atoms with Gasteiger partial charge in [0.15, 0.2) is 6.23 Å². The number of aromatic amines is 1. The number of H-pyrrole nitrogens is 1. The predicted octanol–water partition coefficient (Wildman–Crippen LogP) is 5.40. The summed E-state index contributed by atoms with van der Waals surface area (Å²) in [6.07, 6.45) is 3.69. The first-order valence-electron chi connectivity index (χ1n) is 11.6. The number of hydrogen-bond donors (Lipinski definition) is 1. The number of nitrogens with zero attached hydrogens (tertiary/aromatic N) is 3. The molecule has 3 heterocycles. The quantitative estimate of drug-likeness (QED) is 0.351. The van der Waals surface area contributed by atoms with Gasteiger partial charge in [-0.05, 0) is 78.0 Å². The maximum absolute atomic E-state index is 13.6. The largest absolute Gasteiger partial charge is 0.361 e. The van der Waals surface area contributed by atoms with Gasteiger partial charge in [-0.3, -0.25) is 4.79 Å². The Labute approximate surface area is 205 Å². The minimum atomic E-state index is -0.652. The minimum Gasteiger partial charge on any atom is -0.361 e. The molecule has 2 aromatic heterocycles. The van der Waals surface area contributed by atoms with Crippen molar-refractivity contribution < 1.29 is 18.3 Å². The van der Waals surface area contributed by atoms with E-state index in [0.29, 0.717) is 35.5 Å². The first-order chi connectivity index (χ1) is 17.5. The van der Waals surface area contributed by atoms with Gasteiger partial charge in [-0.25, -0.2) is 13.5 Å². The average Bonchev–Trinajstić information content (AvgIpc) is 3.62. The van der Waals surface area contributed by atoms with Gasteiger partial charge in [0.25, 0.3) is 5.91 Å². The van der Waals surface area contributed by atoms with Gasteiger partial charge in [-0.2, -0.15) is 5.10 Å². The third-order valence-electron chi connectivity index (χ3n) is 6.45. The van der Waals surface area contributed by atoms with E-state index in [-0.39, 0.29) is 24.1 Å². The molecule has 1 aliphatic heterocycles. The van der Waals surface area contributed by atoms with Crippen LogP contribution in [0.25, 0.3) is 27.8 Å². The van der Waals surface area contributed by atoms with E-state index in [1.54, 1.807) is 40.0 Å². The van der Waals surface area contributed by atoms with Crippen molar-refractivity contribution in [3.05, 3.63) is 108 Å². The summed E-state index contributed by atoms with van der Waals surface area (Å²) in [5, 5.41) is 5.84. The van der Waals surface area contributed by atoms with E-state index >= 15 is 0 Å². The number of carbonyl (C=O) groups excluding carboxylic acids is 1. The Bertz CT molecular complexity index is 1540. The zero-order valence-corrected chi connectivity index (χ0v) is 19.2. The summed E-state index contributed by atoms with van der Waals surface area (Å²) in [5.41, 5.74) is 4.73. The normalized spacial score (nSPS) is 15.8. The molecule has 6 rings (SSSR count).